The third-order valence-electron chi connectivity index (χ3n) is 5.12. The Hall–Kier alpha value is -3.17. The highest BCUT2D eigenvalue weighted by Crippen LogP contribution is 2.20. The van der Waals surface area contributed by atoms with Gasteiger partial charge in [0, 0.05) is 34.6 Å². The average Bonchev–Trinajstić information content (AvgIpc) is 3.06. The van der Waals surface area contributed by atoms with Gasteiger partial charge in [-0.25, -0.2) is 18.3 Å². The summed E-state index contributed by atoms with van der Waals surface area (Å²) in [6, 6.07) is 8.72. The summed E-state index contributed by atoms with van der Waals surface area (Å²) in [6.07, 6.45) is 0.0000110. The Kier molecular flexibility index (Phi) is 6.27. The molecule has 0 atom stereocenters. The number of carbonyl (C=O) groups excluding carboxylic acids is 1. The van der Waals surface area contributed by atoms with Crippen molar-refractivity contribution in [3.8, 4) is 0 Å². The van der Waals surface area contributed by atoms with Gasteiger partial charge in [0.2, 0.25) is 11.7 Å². The third kappa shape index (κ3) is 4.38. The molecule has 0 unspecified atom stereocenters. The summed E-state index contributed by atoms with van der Waals surface area (Å²) in [7, 11) is 0. The Labute approximate surface area is 197 Å². The van der Waals surface area contributed by atoms with E-state index >= 15 is 0 Å². The van der Waals surface area contributed by atoms with Crippen LogP contribution in [-0.4, -0.2) is 30.7 Å². The number of halogens is 3. The first-order valence-corrected chi connectivity index (χ1v) is 11.0. The van der Waals surface area contributed by atoms with Crippen LogP contribution in [0.5, 0.6) is 0 Å². The highest BCUT2D eigenvalue weighted by atomic mass is 35.5. The summed E-state index contributed by atoms with van der Waals surface area (Å²) >= 11 is 12.2. The molecule has 0 saturated carbocycles. The van der Waals surface area contributed by atoms with Gasteiger partial charge in [0.05, 0.1) is 17.4 Å². The molecule has 33 heavy (non-hydrogen) atoms. The third-order valence-corrected chi connectivity index (χ3v) is 5.71. The lowest BCUT2D eigenvalue weighted by Crippen LogP contribution is -2.32. The zero-order valence-corrected chi connectivity index (χ0v) is 19.3. The van der Waals surface area contributed by atoms with Gasteiger partial charge < -0.3 is 5.32 Å². The second-order valence-corrected chi connectivity index (χ2v) is 8.71. The molecular weight excluding hydrogens is 472 g/mol. The number of aromatic nitrogens is 4. The van der Waals surface area contributed by atoms with E-state index in [2.05, 4.69) is 10.4 Å². The second kappa shape index (κ2) is 8.99. The molecule has 4 rings (SSSR count). The van der Waals surface area contributed by atoms with Crippen molar-refractivity contribution in [1.29, 1.82) is 0 Å². The smallest absolute Gasteiger partial charge is 0.352 e. The maximum absolute atomic E-state index is 14.3. The quantitative estimate of drug-likeness (QED) is 0.448. The van der Waals surface area contributed by atoms with Crippen molar-refractivity contribution in [2.75, 3.05) is 0 Å². The topological polar surface area (TPSA) is 90.4 Å². The predicted octanol–water partition coefficient (Wildman–Crippen LogP) is 3.22. The molecule has 0 fully saturated rings. The molecule has 172 valence electrons. The van der Waals surface area contributed by atoms with Crippen LogP contribution in [0.25, 0.3) is 16.7 Å². The Balaban J connectivity index is 1.91. The predicted molar refractivity (Wildman–Crippen MR) is 125 cm³/mol. The van der Waals surface area contributed by atoms with E-state index in [0.717, 1.165) is 4.68 Å². The molecule has 1 N–H and O–H groups in total. The molecule has 8 nitrogen and oxygen atoms in total. The van der Waals surface area contributed by atoms with Crippen molar-refractivity contribution in [1.82, 2.24) is 24.1 Å². The van der Waals surface area contributed by atoms with Crippen LogP contribution in [0.2, 0.25) is 10.0 Å². The summed E-state index contributed by atoms with van der Waals surface area (Å²) in [6.45, 7) is 3.41. The highest BCUT2D eigenvalue weighted by Gasteiger charge is 2.20. The first kappa shape index (κ1) is 23.0. The minimum atomic E-state index is -0.586. The maximum atomic E-state index is 14.3. The minimum Gasteiger partial charge on any atom is -0.354 e. The molecule has 2 heterocycles. The van der Waals surface area contributed by atoms with Crippen molar-refractivity contribution in [3.05, 3.63) is 78.7 Å². The number of carbonyl (C=O) groups is 1. The summed E-state index contributed by atoms with van der Waals surface area (Å²) in [5.74, 6) is -0.795. The van der Waals surface area contributed by atoms with Crippen LogP contribution in [0.15, 0.2) is 46.0 Å². The number of fused-ring (bicyclic) bond motifs is 3. The first-order chi connectivity index (χ1) is 15.7. The van der Waals surface area contributed by atoms with Gasteiger partial charge in [0.15, 0.2) is 0 Å². The van der Waals surface area contributed by atoms with Crippen molar-refractivity contribution in [2.45, 2.75) is 39.4 Å². The first-order valence-electron chi connectivity index (χ1n) is 10.2. The van der Waals surface area contributed by atoms with E-state index in [9.17, 15) is 18.8 Å². The SMILES string of the molecule is CC(C)NC(=O)CCn1c(=O)c2cc(Cl)ccc2n2c(=O)n(Cc3c(F)cccc3Cl)nc12. The molecule has 0 saturated heterocycles. The normalized spacial score (nSPS) is 11.6. The molecule has 2 aromatic carbocycles. The molecule has 0 radical (unpaired) electrons. The molecule has 2 aromatic heterocycles. The summed E-state index contributed by atoms with van der Waals surface area (Å²) < 4.78 is 17.9. The number of nitrogens with one attached hydrogen (secondary N) is 1. The number of hydrogen-bond donors (Lipinski definition) is 1. The van der Waals surface area contributed by atoms with Crippen LogP contribution < -0.4 is 16.6 Å². The molecule has 0 aliphatic carbocycles. The summed E-state index contributed by atoms with van der Waals surface area (Å²) in [4.78, 5) is 38.7. The van der Waals surface area contributed by atoms with Gasteiger partial charge in [0.1, 0.15) is 5.82 Å². The molecule has 11 heteroatoms. The van der Waals surface area contributed by atoms with Gasteiger partial charge in [-0.1, -0.05) is 29.3 Å². The lowest BCUT2D eigenvalue weighted by Gasteiger charge is -2.11. The summed E-state index contributed by atoms with van der Waals surface area (Å²) in [5.41, 5.74) is -0.629. The lowest BCUT2D eigenvalue weighted by molar-refractivity contribution is -0.121. The summed E-state index contributed by atoms with van der Waals surface area (Å²) in [5, 5.41) is 7.74. The molecule has 4 aromatic rings. The Morgan fingerprint density at radius 3 is 2.64 bits per heavy atom. The standard InChI is InChI=1S/C22H20Cl2FN5O3/c1-12(2)26-19(31)8-9-28-20(32)14-10-13(23)6-7-18(14)30-21(28)27-29(22(30)33)11-15-16(24)4-3-5-17(15)25/h3-7,10,12H,8-9,11H2,1-2H3,(H,26,31). The van der Waals surface area contributed by atoms with Crippen LogP contribution in [0.4, 0.5) is 4.39 Å². The molecule has 0 aliphatic heterocycles. The highest BCUT2D eigenvalue weighted by molar-refractivity contribution is 6.31. The van der Waals surface area contributed by atoms with Gasteiger partial charge in [-0.2, -0.15) is 0 Å². The number of aryl methyl sites for hydroxylation is 1. The van der Waals surface area contributed by atoms with Crippen LogP contribution >= 0.6 is 23.2 Å². The van der Waals surface area contributed by atoms with Crippen LogP contribution in [0.3, 0.4) is 0 Å². The van der Waals surface area contributed by atoms with Crippen molar-refractivity contribution in [2.24, 2.45) is 0 Å². The molecule has 1 amide bonds. The number of amides is 1. The van der Waals surface area contributed by atoms with E-state index in [-0.39, 0.29) is 53.2 Å². The van der Waals surface area contributed by atoms with E-state index in [1.165, 1.54) is 33.2 Å². The van der Waals surface area contributed by atoms with E-state index in [0.29, 0.717) is 10.5 Å². The zero-order valence-electron chi connectivity index (χ0n) is 17.8. The molecular formula is C22H20Cl2FN5O3. The fourth-order valence-corrected chi connectivity index (χ4v) is 4.03. The largest absolute Gasteiger partial charge is 0.354 e. The van der Waals surface area contributed by atoms with E-state index in [1.807, 2.05) is 13.8 Å². The average molecular weight is 492 g/mol. The van der Waals surface area contributed by atoms with Gasteiger partial charge >= 0.3 is 5.69 Å². The Morgan fingerprint density at radius 2 is 1.94 bits per heavy atom. The van der Waals surface area contributed by atoms with Crippen LogP contribution in [0, 0.1) is 5.82 Å². The van der Waals surface area contributed by atoms with E-state index in [1.54, 1.807) is 12.1 Å². The molecule has 0 bridgehead atoms. The van der Waals surface area contributed by atoms with E-state index < -0.39 is 17.1 Å². The second-order valence-electron chi connectivity index (χ2n) is 7.87. The van der Waals surface area contributed by atoms with Crippen LogP contribution in [-0.2, 0) is 17.9 Å². The Morgan fingerprint density at radius 1 is 1.18 bits per heavy atom. The van der Waals surface area contributed by atoms with Crippen LogP contribution in [0.1, 0.15) is 25.8 Å². The maximum Gasteiger partial charge on any atom is 0.352 e. The van der Waals surface area contributed by atoms with E-state index in [4.69, 9.17) is 23.2 Å². The van der Waals surface area contributed by atoms with Crippen molar-refractivity contribution >= 4 is 45.8 Å². The van der Waals surface area contributed by atoms with Gasteiger partial charge in [0.25, 0.3) is 5.56 Å². The minimum absolute atomic E-state index is 0.0000110. The molecule has 0 aliphatic rings. The fourth-order valence-electron chi connectivity index (χ4n) is 3.64. The number of hydrogen-bond acceptors (Lipinski definition) is 4. The Bertz CT molecular complexity index is 1490. The van der Waals surface area contributed by atoms with Gasteiger partial charge in [-0.05, 0) is 44.2 Å². The monoisotopic (exact) mass is 491 g/mol. The zero-order chi connectivity index (χ0) is 23.9. The van der Waals surface area contributed by atoms with Gasteiger partial charge in [-0.3, -0.25) is 14.2 Å². The number of nitrogens with zero attached hydrogens (tertiary/aromatic N) is 4. The number of benzene rings is 2. The number of rotatable bonds is 6. The van der Waals surface area contributed by atoms with Crippen molar-refractivity contribution < 1.29 is 9.18 Å². The van der Waals surface area contributed by atoms with Crippen molar-refractivity contribution in [3.63, 3.8) is 0 Å². The molecule has 0 spiro atoms. The van der Waals surface area contributed by atoms with Gasteiger partial charge in [-0.15, -0.1) is 5.10 Å². The lowest BCUT2D eigenvalue weighted by atomic mass is 10.2. The fraction of sp³-hybridized carbons (Fsp3) is 0.273.